The monoisotopic (exact) mass is 267 g/mol. The molecule has 2 heterocycles. The van der Waals surface area contributed by atoms with Crippen molar-refractivity contribution in [3.05, 3.63) is 16.6 Å². The Morgan fingerprint density at radius 3 is 3.17 bits per heavy atom. The maximum absolute atomic E-state index is 5.16. The fourth-order valence-electron chi connectivity index (χ4n) is 2.84. The van der Waals surface area contributed by atoms with Gasteiger partial charge in [0.25, 0.3) is 0 Å². The first-order chi connectivity index (χ1) is 8.84. The molecule has 0 amide bonds. The molecule has 1 aliphatic carbocycles. The Kier molecular flexibility index (Phi) is 3.66. The first kappa shape index (κ1) is 12.5. The van der Waals surface area contributed by atoms with Gasteiger partial charge in [-0.25, -0.2) is 4.98 Å². The van der Waals surface area contributed by atoms with E-state index in [-0.39, 0.29) is 5.54 Å². The fourth-order valence-corrected chi connectivity index (χ4v) is 3.67. The highest BCUT2D eigenvalue weighted by Gasteiger charge is 2.45. The molecule has 1 N–H and O–H groups in total. The number of nitrogens with zero attached hydrogens (tertiary/aromatic N) is 2. The molecule has 18 heavy (non-hydrogen) atoms. The van der Waals surface area contributed by atoms with Crippen molar-refractivity contribution in [2.24, 2.45) is 0 Å². The molecule has 1 saturated carbocycles. The second-order valence-corrected chi connectivity index (χ2v) is 6.19. The summed E-state index contributed by atoms with van der Waals surface area (Å²) in [6.07, 6.45) is 5.85. The third-order valence-electron chi connectivity index (χ3n) is 3.97. The highest BCUT2D eigenvalue weighted by Crippen LogP contribution is 2.38. The minimum atomic E-state index is 0.0648. The molecule has 1 aromatic rings. The lowest BCUT2D eigenvalue weighted by atomic mass is 9.99. The summed E-state index contributed by atoms with van der Waals surface area (Å²) >= 11 is 1.77. The van der Waals surface area contributed by atoms with Gasteiger partial charge in [0.1, 0.15) is 5.01 Å². The number of hydrogen-bond donors (Lipinski definition) is 1. The minimum Gasteiger partial charge on any atom is -0.383 e. The van der Waals surface area contributed by atoms with Crippen molar-refractivity contribution in [3.8, 4) is 0 Å². The molecule has 5 heteroatoms. The van der Waals surface area contributed by atoms with E-state index in [9.17, 15) is 0 Å². The van der Waals surface area contributed by atoms with Crippen LogP contribution < -0.4 is 5.32 Å². The van der Waals surface area contributed by atoms with E-state index in [1.165, 1.54) is 30.8 Å². The molecule has 4 nitrogen and oxygen atoms in total. The van der Waals surface area contributed by atoms with Gasteiger partial charge < -0.3 is 10.1 Å². The molecule has 1 unspecified atom stereocenters. The Bertz CT molecular complexity index is 380. The highest BCUT2D eigenvalue weighted by atomic mass is 32.1. The van der Waals surface area contributed by atoms with Gasteiger partial charge in [0.05, 0.1) is 12.1 Å². The third kappa shape index (κ3) is 2.45. The molecular weight excluding hydrogens is 246 g/mol. The molecule has 0 spiro atoms. The number of hydrogen-bond acceptors (Lipinski definition) is 5. The second kappa shape index (κ2) is 5.25. The smallest absolute Gasteiger partial charge is 0.114 e. The van der Waals surface area contributed by atoms with Gasteiger partial charge in [-0.05, 0) is 19.3 Å². The molecule has 1 aliphatic heterocycles. The first-order valence-corrected chi connectivity index (χ1v) is 7.60. The van der Waals surface area contributed by atoms with Crippen LogP contribution in [0.4, 0.5) is 0 Å². The van der Waals surface area contributed by atoms with Crippen LogP contribution in [0.5, 0.6) is 0 Å². The lowest BCUT2D eigenvalue weighted by Crippen LogP contribution is -2.46. The number of thiazole rings is 1. The standard InChI is InChI=1S/C13H21N3OS/c1-17-8-5-15-13(12-14-6-9-18-12)4-7-16(10-13)11-2-3-11/h6,9,11,15H,2-5,7-8,10H2,1H3. The average molecular weight is 267 g/mol. The van der Waals surface area contributed by atoms with Crippen molar-refractivity contribution in [3.63, 3.8) is 0 Å². The number of aromatic nitrogens is 1. The zero-order chi connectivity index (χ0) is 12.4. The molecule has 2 aliphatic rings. The maximum Gasteiger partial charge on any atom is 0.114 e. The van der Waals surface area contributed by atoms with Crippen molar-refractivity contribution >= 4 is 11.3 Å². The highest BCUT2D eigenvalue weighted by molar-refractivity contribution is 7.09. The lowest BCUT2D eigenvalue weighted by Gasteiger charge is -2.29. The van der Waals surface area contributed by atoms with Gasteiger partial charge in [0.2, 0.25) is 0 Å². The predicted molar refractivity (Wildman–Crippen MR) is 72.9 cm³/mol. The zero-order valence-corrected chi connectivity index (χ0v) is 11.7. The van der Waals surface area contributed by atoms with Gasteiger partial charge in [-0.1, -0.05) is 0 Å². The van der Waals surface area contributed by atoms with Crippen LogP contribution in [0, 0.1) is 0 Å². The average Bonchev–Trinajstić information content (AvgIpc) is 2.93. The quantitative estimate of drug-likeness (QED) is 0.792. The summed E-state index contributed by atoms with van der Waals surface area (Å²) in [6.45, 7) is 3.96. The zero-order valence-electron chi connectivity index (χ0n) is 10.9. The van der Waals surface area contributed by atoms with Crippen molar-refractivity contribution in [2.75, 3.05) is 33.4 Å². The Hall–Kier alpha value is -0.490. The van der Waals surface area contributed by atoms with Crippen LogP contribution in [0.3, 0.4) is 0 Å². The van der Waals surface area contributed by atoms with Crippen LogP contribution in [0.15, 0.2) is 11.6 Å². The molecule has 2 fully saturated rings. The van der Waals surface area contributed by atoms with Gasteiger partial charge in [0, 0.05) is 44.4 Å². The van der Waals surface area contributed by atoms with E-state index >= 15 is 0 Å². The molecule has 0 aromatic carbocycles. The topological polar surface area (TPSA) is 37.4 Å². The molecule has 1 atom stereocenters. The van der Waals surface area contributed by atoms with E-state index in [2.05, 4.69) is 20.6 Å². The van der Waals surface area contributed by atoms with Crippen LogP contribution in [0.2, 0.25) is 0 Å². The van der Waals surface area contributed by atoms with E-state index in [1.807, 2.05) is 6.20 Å². The maximum atomic E-state index is 5.16. The summed E-state index contributed by atoms with van der Waals surface area (Å²) in [5.41, 5.74) is 0.0648. The SMILES string of the molecule is COCCNC1(c2nccs2)CCN(C2CC2)C1. The van der Waals surface area contributed by atoms with Gasteiger partial charge in [-0.3, -0.25) is 4.90 Å². The van der Waals surface area contributed by atoms with E-state index in [4.69, 9.17) is 4.74 Å². The second-order valence-electron chi connectivity index (χ2n) is 5.29. The fraction of sp³-hybridized carbons (Fsp3) is 0.769. The lowest BCUT2D eigenvalue weighted by molar-refractivity contribution is 0.181. The van der Waals surface area contributed by atoms with Crippen molar-refractivity contribution in [2.45, 2.75) is 30.8 Å². The predicted octanol–water partition coefficient (Wildman–Crippen LogP) is 1.44. The Morgan fingerprint density at radius 2 is 2.50 bits per heavy atom. The van der Waals surface area contributed by atoms with Crippen molar-refractivity contribution in [1.29, 1.82) is 0 Å². The van der Waals surface area contributed by atoms with Crippen LogP contribution in [0.25, 0.3) is 0 Å². The van der Waals surface area contributed by atoms with E-state index in [0.717, 1.165) is 25.7 Å². The summed E-state index contributed by atoms with van der Waals surface area (Å²) in [5.74, 6) is 0. The summed E-state index contributed by atoms with van der Waals surface area (Å²) in [6, 6.07) is 0.844. The van der Waals surface area contributed by atoms with Gasteiger partial charge in [-0.2, -0.15) is 0 Å². The van der Waals surface area contributed by atoms with Crippen LogP contribution >= 0.6 is 11.3 Å². The minimum absolute atomic E-state index is 0.0648. The molecule has 100 valence electrons. The van der Waals surface area contributed by atoms with Crippen molar-refractivity contribution in [1.82, 2.24) is 15.2 Å². The number of nitrogens with one attached hydrogen (secondary N) is 1. The van der Waals surface area contributed by atoms with Gasteiger partial charge >= 0.3 is 0 Å². The van der Waals surface area contributed by atoms with Gasteiger partial charge in [-0.15, -0.1) is 11.3 Å². The number of rotatable bonds is 6. The summed E-state index contributed by atoms with van der Waals surface area (Å²) < 4.78 is 5.16. The molecule has 0 radical (unpaired) electrons. The summed E-state index contributed by atoms with van der Waals surface area (Å²) in [5, 5.41) is 7.01. The Morgan fingerprint density at radius 1 is 1.61 bits per heavy atom. The van der Waals surface area contributed by atoms with Gasteiger partial charge in [0.15, 0.2) is 0 Å². The summed E-state index contributed by atoms with van der Waals surface area (Å²) in [7, 11) is 1.75. The van der Waals surface area contributed by atoms with E-state index in [1.54, 1.807) is 18.4 Å². The van der Waals surface area contributed by atoms with E-state index < -0.39 is 0 Å². The van der Waals surface area contributed by atoms with Crippen LogP contribution in [-0.2, 0) is 10.3 Å². The first-order valence-electron chi connectivity index (χ1n) is 6.72. The Balaban J connectivity index is 1.71. The summed E-state index contributed by atoms with van der Waals surface area (Å²) in [4.78, 5) is 7.18. The van der Waals surface area contributed by atoms with Crippen LogP contribution in [0.1, 0.15) is 24.3 Å². The molecular formula is C13H21N3OS. The van der Waals surface area contributed by atoms with E-state index in [0.29, 0.717) is 0 Å². The normalized spacial score (nSPS) is 28.9. The number of likely N-dealkylation sites (tertiary alicyclic amines) is 1. The molecule has 3 rings (SSSR count). The number of methoxy groups -OCH3 is 1. The number of ether oxygens (including phenoxy) is 1. The van der Waals surface area contributed by atoms with Crippen molar-refractivity contribution < 1.29 is 4.74 Å². The molecule has 0 bridgehead atoms. The Labute approximate surface area is 112 Å². The third-order valence-corrected chi connectivity index (χ3v) is 4.95. The largest absolute Gasteiger partial charge is 0.383 e. The van der Waals surface area contributed by atoms with Crippen LogP contribution in [-0.4, -0.2) is 49.3 Å². The molecule has 1 saturated heterocycles. The molecule has 1 aromatic heterocycles.